The smallest absolute Gasteiger partial charge is 0.245 e. The van der Waals surface area contributed by atoms with E-state index < -0.39 is 15.8 Å². The van der Waals surface area contributed by atoms with Crippen LogP contribution in [-0.4, -0.2) is 36.7 Å². The van der Waals surface area contributed by atoms with Crippen LogP contribution in [-0.2, 0) is 14.8 Å². The van der Waals surface area contributed by atoms with E-state index in [0.717, 1.165) is 6.07 Å². The Hall–Kier alpha value is -3.01. The number of hydrogen-bond donors (Lipinski definition) is 1. The van der Waals surface area contributed by atoms with Crippen LogP contribution in [0.5, 0.6) is 11.6 Å². The van der Waals surface area contributed by atoms with Crippen LogP contribution in [0, 0.1) is 11.7 Å². The molecule has 1 amide bonds. The van der Waals surface area contributed by atoms with Gasteiger partial charge in [0.15, 0.2) is 0 Å². The molecule has 1 aliphatic heterocycles. The normalized spacial score (nSPS) is 15.2. The number of halogens is 2. The number of aromatic nitrogens is 1. The maximum atomic E-state index is 14.0. The number of benzene rings is 2. The third-order valence-corrected chi connectivity index (χ3v) is 7.50. The lowest BCUT2D eigenvalue weighted by molar-refractivity contribution is -0.120. The maximum Gasteiger partial charge on any atom is 0.245 e. The number of nitrogens with one attached hydrogen (secondary N) is 1. The number of amides is 1. The molecular formula is C23H21ClFN3O4S. The van der Waals surface area contributed by atoms with Crippen molar-refractivity contribution in [3.8, 4) is 11.6 Å². The highest BCUT2D eigenvalue weighted by molar-refractivity contribution is 7.89. The molecule has 0 atom stereocenters. The van der Waals surface area contributed by atoms with Crippen LogP contribution < -0.4 is 10.1 Å². The molecule has 1 fully saturated rings. The van der Waals surface area contributed by atoms with Crippen molar-refractivity contribution in [1.29, 1.82) is 0 Å². The molecule has 1 saturated heterocycles. The van der Waals surface area contributed by atoms with Gasteiger partial charge in [-0.1, -0.05) is 23.7 Å². The molecule has 172 valence electrons. The molecule has 2 aromatic carbocycles. The number of piperidine rings is 1. The number of anilines is 1. The minimum absolute atomic E-state index is 0.140. The van der Waals surface area contributed by atoms with E-state index in [4.69, 9.17) is 16.3 Å². The van der Waals surface area contributed by atoms with Gasteiger partial charge in [-0.05, 0) is 55.3 Å². The highest BCUT2D eigenvalue weighted by Crippen LogP contribution is 2.27. The first kappa shape index (κ1) is 23.2. The number of ether oxygens (including phenoxy) is 1. The summed E-state index contributed by atoms with van der Waals surface area (Å²) in [5, 5.41) is 3.40. The molecule has 33 heavy (non-hydrogen) atoms. The number of sulfonamides is 1. The second-order valence-electron chi connectivity index (χ2n) is 7.54. The second-order valence-corrected chi connectivity index (χ2v) is 9.88. The van der Waals surface area contributed by atoms with E-state index in [-0.39, 0.29) is 29.8 Å². The molecule has 0 radical (unpaired) electrons. The van der Waals surface area contributed by atoms with Gasteiger partial charge in [-0.2, -0.15) is 4.31 Å². The molecule has 3 aromatic rings. The molecule has 0 aliphatic carbocycles. The average molecular weight is 490 g/mol. The SMILES string of the molecule is O=C(Nc1ccc(Oc2ccc(Cl)cc2)nc1)C1CCN(S(=O)(=O)c2ccccc2F)CC1. The van der Waals surface area contributed by atoms with Crippen LogP contribution >= 0.6 is 11.6 Å². The van der Waals surface area contributed by atoms with Gasteiger partial charge in [0.05, 0.1) is 11.9 Å². The van der Waals surface area contributed by atoms with Crippen LogP contribution in [0.15, 0.2) is 71.8 Å². The summed E-state index contributed by atoms with van der Waals surface area (Å²) in [6.45, 7) is 0.280. The molecule has 0 bridgehead atoms. The molecule has 10 heteroatoms. The van der Waals surface area contributed by atoms with Gasteiger partial charge in [-0.15, -0.1) is 0 Å². The fourth-order valence-corrected chi connectivity index (χ4v) is 5.19. The number of carbonyl (C=O) groups is 1. The zero-order chi connectivity index (χ0) is 23.4. The van der Waals surface area contributed by atoms with Crippen molar-refractivity contribution in [2.75, 3.05) is 18.4 Å². The molecule has 0 spiro atoms. The lowest BCUT2D eigenvalue weighted by Gasteiger charge is -2.30. The summed E-state index contributed by atoms with van der Waals surface area (Å²) in [7, 11) is -3.94. The summed E-state index contributed by atoms with van der Waals surface area (Å²) < 4.78 is 46.2. The monoisotopic (exact) mass is 489 g/mol. The van der Waals surface area contributed by atoms with Gasteiger partial charge in [-0.3, -0.25) is 4.79 Å². The number of nitrogens with zero attached hydrogens (tertiary/aromatic N) is 2. The first-order valence-electron chi connectivity index (χ1n) is 10.3. The van der Waals surface area contributed by atoms with Crippen molar-refractivity contribution in [3.05, 3.63) is 77.7 Å². The third-order valence-electron chi connectivity index (χ3n) is 5.32. The molecule has 4 rings (SSSR count). The van der Waals surface area contributed by atoms with E-state index in [2.05, 4.69) is 10.3 Å². The van der Waals surface area contributed by atoms with Crippen molar-refractivity contribution < 1.29 is 22.3 Å². The van der Waals surface area contributed by atoms with Crippen LogP contribution in [0.2, 0.25) is 5.02 Å². The largest absolute Gasteiger partial charge is 0.439 e. The number of rotatable bonds is 6. The Labute approximate surface area is 196 Å². The highest BCUT2D eigenvalue weighted by Gasteiger charge is 2.33. The Morgan fingerprint density at radius 3 is 2.39 bits per heavy atom. The Morgan fingerprint density at radius 1 is 1.06 bits per heavy atom. The molecule has 1 aliphatic rings. The lowest BCUT2D eigenvalue weighted by atomic mass is 9.97. The maximum absolute atomic E-state index is 14.0. The summed E-state index contributed by atoms with van der Waals surface area (Å²) in [6, 6.07) is 15.4. The summed E-state index contributed by atoms with van der Waals surface area (Å²) in [4.78, 5) is 16.5. The fourth-order valence-electron chi connectivity index (χ4n) is 3.53. The topological polar surface area (TPSA) is 88.6 Å². The van der Waals surface area contributed by atoms with E-state index in [0.29, 0.717) is 35.2 Å². The van der Waals surface area contributed by atoms with Gasteiger partial charge in [0, 0.05) is 30.1 Å². The first-order valence-corrected chi connectivity index (χ1v) is 12.1. The molecule has 0 unspecified atom stereocenters. The number of carbonyl (C=O) groups excluding carboxylic acids is 1. The zero-order valence-corrected chi connectivity index (χ0v) is 19.0. The van der Waals surface area contributed by atoms with E-state index in [1.807, 2.05) is 0 Å². The van der Waals surface area contributed by atoms with Gasteiger partial charge >= 0.3 is 0 Å². The Kier molecular flexibility index (Phi) is 6.92. The molecule has 7 nitrogen and oxygen atoms in total. The van der Waals surface area contributed by atoms with Crippen molar-refractivity contribution in [1.82, 2.24) is 9.29 Å². The number of pyridine rings is 1. The quantitative estimate of drug-likeness (QED) is 0.542. The Bertz CT molecular complexity index is 1230. The van der Waals surface area contributed by atoms with Crippen molar-refractivity contribution in [2.45, 2.75) is 17.7 Å². The van der Waals surface area contributed by atoms with E-state index in [1.54, 1.807) is 36.4 Å². The summed E-state index contributed by atoms with van der Waals surface area (Å²) in [6.07, 6.45) is 2.16. The van der Waals surface area contributed by atoms with Gasteiger partial charge < -0.3 is 10.1 Å². The van der Waals surface area contributed by atoms with Gasteiger partial charge in [0.25, 0.3) is 0 Å². The van der Waals surface area contributed by atoms with E-state index in [9.17, 15) is 17.6 Å². The van der Waals surface area contributed by atoms with Crippen LogP contribution in [0.4, 0.5) is 10.1 Å². The van der Waals surface area contributed by atoms with E-state index in [1.165, 1.54) is 28.7 Å². The van der Waals surface area contributed by atoms with Crippen LogP contribution in [0.1, 0.15) is 12.8 Å². The standard InChI is InChI=1S/C23H21ClFN3O4S/c24-17-5-8-19(9-6-17)32-22-10-7-18(15-26-22)27-23(29)16-11-13-28(14-12-16)33(30,31)21-4-2-1-3-20(21)25/h1-10,15-16H,11-14H2,(H,27,29). The summed E-state index contributed by atoms with van der Waals surface area (Å²) in [5.74, 6) is -0.413. The predicted molar refractivity (Wildman–Crippen MR) is 122 cm³/mol. The van der Waals surface area contributed by atoms with Crippen LogP contribution in [0.3, 0.4) is 0 Å². The molecule has 0 saturated carbocycles. The lowest BCUT2D eigenvalue weighted by Crippen LogP contribution is -2.41. The summed E-state index contributed by atoms with van der Waals surface area (Å²) in [5.41, 5.74) is 0.505. The van der Waals surface area contributed by atoms with Gasteiger partial charge in [0.2, 0.25) is 21.8 Å². The first-order chi connectivity index (χ1) is 15.8. The van der Waals surface area contributed by atoms with E-state index >= 15 is 0 Å². The Balaban J connectivity index is 1.32. The minimum atomic E-state index is -3.94. The number of hydrogen-bond acceptors (Lipinski definition) is 5. The van der Waals surface area contributed by atoms with Gasteiger partial charge in [-0.25, -0.2) is 17.8 Å². The van der Waals surface area contributed by atoms with Crippen molar-refractivity contribution >= 4 is 33.2 Å². The molecule has 1 aromatic heterocycles. The van der Waals surface area contributed by atoms with Crippen molar-refractivity contribution in [3.63, 3.8) is 0 Å². The molecule has 2 heterocycles. The second kappa shape index (κ2) is 9.86. The fraction of sp³-hybridized carbons (Fsp3) is 0.217. The summed E-state index contributed by atoms with van der Waals surface area (Å²) >= 11 is 5.85. The minimum Gasteiger partial charge on any atom is -0.439 e. The average Bonchev–Trinajstić information content (AvgIpc) is 2.82. The van der Waals surface area contributed by atoms with Gasteiger partial charge in [0.1, 0.15) is 16.5 Å². The molecular weight excluding hydrogens is 469 g/mol. The molecule has 1 N–H and O–H groups in total. The highest BCUT2D eigenvalue weighted by atomic mass is 35.5. The Morgan fingerprint density at radius 2 is 1.76 bits per heavy atom. The zero-order valence-electron chi connectivity index (χ0n) is 17.4. The van der Waals surface area contributed by atoms with Crippen molar-refractivity contribution in [2.24, 2.45) is 5.92 Å². The predicted octanol–water partition coefficient (Wildman–Crippen LogP) is 4.71. The third kappa shape index (κ3) is 5.50. The van der Waals surface area contributed by atoms with Crippen LogP contribution in [0.25, 0.3) is 0 Å².